The van der Waals surface area contributed by atoms with Crippen LogP contribution in [0.5, 0.6) is 0 Å². The zero-order chi connectivity index (χ0) is 12.8. The summed E-state index contributed by atoms with van der Waals surface area (Å²) in [5.74, 6) is 2.34. The highest BCUT2D eigenvalue weighted by molar-refractivity contribution is 9.10. The Morgan fingerprint density at radius 2 is 2.00 bits per heavy atom. The number of nitrogens with zero attached hydrogens (tertiary/aromatic N) is 4. The molecule has 1 saturated carbocycles. The summed E-state index contributed by atoms with van der Waals surface area (Å²) in [6.45, 7) is 0. The first-order valence-corrected chi connectivity index (χ1v) is 7.07. The molecule has 0 saturated heterocycles. The van der Waals surface area contributed by atoms with Crippen molar-refractivity contribution in [3.63, 3.8) is 0 Å². The number of benzene rings is 1. The number of hydrogen-bond donors (Lipinski definition) is 0. The summed E-state index contributed by atoms with van der Waals surface area (Å²) in [5.41, 5.74) is 2.04. The summed E-state index contributed by atoms with van der Waals surface area (Å²) < 4.78 is 2.84. The van der Waals surface area contributed by atoms with Gasteiger partial charge in [-0.2, -0.15) is 0 Å². The summed E-state index contributed by atoms with van der Waals surface area (Å²) in [7, 11) is 0. The van der Waals surface area contributed by atoms with Gasteiger partial charge in [-0.25, -0.2) is 15.0 Å². The molecule has 19 heavy (non-hydrogen) atoms. The Kier molecular flexibility index (Phi) is 2.41. The van der Waals surface area contributed by atoms with Crippen LogP contribution in [0.1, 0.15) is 24.6 Å². The maximum Gasteiger partial charge on any atom is 0.143 e. The van der Waals surface area contributed by atoms with Crippen molar-refractivity contribution in [2.45, 2.75) is 18.8 Å². The average Bonchev–Trinajstić information content (AvgIpc) is 3.18. The molecule has 3 aromatic rings. The molecule has 0 radical (unpaired) electrons. The molecule has 0 aliphatic heterocycles. The lowest BCUT2D eigenvalue weighted by atomic mass is 10.3. The number of para-hydroxylation sites is 2. The molecule has 1 aromatic carbocycles. The van der Waals surface area contributed by atoms with E-state index in [0.717, 1.165) is 27.3 Å². The molecule has 94 valence electrons. The molecule has 0 spiro atoms. The fourth-order valence-corrected chi connectivity index (χ4v) is 2.60. The zero-order valence-corrected chi connectivity index (χ0v) is 11.7. The monoisotopic (exact) mass is 314 g/mol. The first-order chi connectivity index (χ1) is 9.31. The molecule has 0 N–H and O–H groups in total. The fourth-order valence-electron chi connectivity index (χ4n) is 2.21. The van der Waals surface area contributed by atoms with Crippen molar-refractivity contribution in [2.75, 3.05) is 0 Å². The smallest absolute Gasteiger partial charge is 0.143 e. The van der Waals surface area contributed by atoms with E-state index < -0.39 is 0 Å². The lowest BCUT2D eigenvalue weighted by Crippen LogP contribution is -2.01. The highest BCUT2D eigenvalue weighted by Crippen LogP contribution is 2.38. The van der Waals surface area contributed by atoms with Gasteiger partial charge in [0.2, 0.25) is 0 Å². The van der Waals surface area contributed by atoms with Crippen molar-refractivity contribution in [1.29, 1.82) is 0 Å². The van der Waals surface area contributed by atoms with E-state index in [0.29, 0.717) is 5.92 Å². The predicted octanol–water partition coefficient (Wildman–Crippen LogP) is 3.46. The van der Waals surface area contributed by atoms with Crippen LogP contribution in [-0.4, -0.2) is 19.5 Å². The quantitative estimate of drug-likeness (QED) is 0.680. The SMILES string of the molecule is Brc1cc(-n2cnc3ccccc32)nc(C2CC2)n1. The minimum atomic E-state index is 0.533. The number of imidazole rings is 1. The van der Waals surface area contributed by atoms with Crippen molar-refractivity contribution in [3.05, 3.63) is 47.1 Å². The van der Waals surface area contributed by atoms with Crippen molar-refractivity contribution >= 4 is 27.0 Å². The minimum absolute atomic E-state index is 0.533. The highest BCUT2D eigenvalue weighted by Gasteiger charge is 2.27. The van der Waals surface area contributed by atoms with Gasteiger partial charge in [0.25, 0.3) is 0 Å². The van der Waals surface area contributed by atoms with E-state index in [1.54, 1.807) is 0 Å². The van der Waals surface area contributed by atoms with E-state index in [4.69, 9.17) is 0 Å². The van der Waals surface area contributed by atoms with Gasteiger partial charge < -0.3 is 0 Å². The Morgan fingerprint density at radius 1 is 1.16 bits per heavy atom. The van der Waals surface area contributed by atoms with Crippen molar-refractivity contribution < 1.29 is 0 Å². The van der Waals surface area contributed by atoms with Gasteiger partial charge in [-0.3, -0.25) is 4.57 Å². The summed E-state index contributed by atoms with van der Waals surface area (Å²) in [4.78, 5) is 13.5. The second kappa shape index (κ2) is 4.13. The summed E-state index contributed by atoms with van der Waals surface area (Å²) in [5, 5.41) is 0. The van der Waals surface area contributed by atoms with Gasteiger partial charge in [0.15, 0.2) is 0 Å². The zero-order valence-electron chi connectivity index (χ0n) is 10.1. The van der Waals surface area contributed by atoms with E-state index in [1.165, 1.54) is 12.8 Å². The van der Waals surface area contributed by atoms with Crippen LogP contribution in [0.3, 0.4) is 0 Å². The molecule has 1 aliphatic rings. The summed E-state index contributed by atoms with van der Waals surface area (Å²) in [6.07, 6.45) is 4.21. The predicted molar refractivity (Wildman–Crippen MR) is 76.3 cm³/mol. The molecular formula is C14H11BrN4. The van der Waals surface area contributed by atoms with Crippen LogP contribution in [0.25, 0.3) is 16.9 Å². The van der Waals surface area contributed by atoms with Crippen LogP contribution in [0, 0.1) is 0 Å². The Balaban J connectivity index is 1.91. The van der Waals surface area contributed by atoms with Crippen LogP contribution < -0.4 is 0 Å². The lowest BCUT2D eigenvalue weighted by Gasteiger charge is -2.06. The molecule has 2 aromatic heterocycles. The van der Waals surface area contributed by atoms with E-state index >= 15 is 0 Å². The number of rotatable bonds is 2. The molecule has 1 fully saturated rings. The Morgan fingerprint density at radius 3 is 2.84 bits per heavy atom. The van der Waals surface area contributed by atoms with E-state index in [9.17, 15) is 0 Å². The molecule has 2 heterocycles. The molecule has 5 heteroatoms. The standard InChI is InChI=1S/C14H11BrN4/c15-12-7-13(18-14(17-12)9-5-6-9)19-8-16-10-3-1-2-4-11(10)19/h1-4,7-9H,5-6H2. The molecule has 0 unspecified atom stereocenters. The van der Waals surface area contributed by atoms with Crippen molar-refractivity contribution in [3.8, 4) is 5.82 Å². The normalized spacial score (nSPS) is 15.0. The van der Waals surface area contributed by atoms with Gasteiger partial charge in [0.1, 0.15) is 22.6 Å². The third kappa shape index (κ3) is 1.94. The van der Waals surface area contributed by atoms with Gasteiger partial charge in [-0.05, 0) is 40.9 Å². The largest absolute Gasteiger partial charge is 0.283 e. The van der Waals surface area contributed by atoms with Crippen LogP contribution in [-0.2, 0) is 0 Å². The van der Waals surface area contributed by atoms with Crippen molar-refractivity contribution in [1.82, 2.24) is 19.5 Å². The number of hydrogen-bond acceptors (Lipinski definition) is 3. The molecule has 0 atom stereocenters. The van der Waals surface area contributed by atoms with E-state index in [2.05, 4.69) is 36.9 Å². The van der Waals surface area contributed by atoms with Gasteiger partial charge in [0.05, 0.1) is 11.0 Å². The second-order valence-corrected chi connectivity index (χ2v) is 5.60. The number of aromatic nitrogens is 4. The molecule has 4 rings (SSSR count). The number of fused-ring (bicyclic) bond motifs is 1. The first kappa shape index (κ1) is 11.1. The third-order valence-corrected chi connectivity index (χ3v) is 3.75. The number of halogens is 1. The van der Waals surface area contributed by atoms with Crippen LogP contribution in [0.4, 0.5) is 0 Å². The van der Waals surface area contributed by atoms with E-state index in [1.807, 2.05) is 35.2 Å². The second-order valence-electron chi connectivity index (χ2n) is 4.78. The van der Waals surface area contributed by atoms with Crippen LogP contribution >= 0.6 is 15.9 Å². The Hall–Kier alpha value is -1.75. The lowest BCUT2D eigenvalue weighted by molar-refractivity contribution is 0.877. The maximum absolute atomic E-state index is 4.67. The average molecular weight is 315 g/mol. The minimum Gasteiger partial charge on any atom is -0.283 e. The van der Waals surface area contributed by atoms with Gasteiger partial charge in [-0.15, -0.1) is 0 Å². The highest BCUT2D eigenvalue weighted by atomic mass is 79.9. The van der Waals surface area contributed by atoms with E-state index in [-0.39, 0.29) is 0 Å². The van der Waals surface area contributed by atoms with Crippen LogP contribution in [0.15, 0.2) is 41.3 Å². The Bertz CT molecular complexity index is 761. The fraction of sp³-hybridized carbons (Fsp3) is 0.214. The summed E-state index contributed by atoms with van der Waals surface area (Å²) in [6, 6.07) is 9.99. The van der Waals surface area contributed by atoms with Gasteiger partial charge >= 0.3 is 0 Å². The van der Waals surface area contributed by atoms with Crippen LogP contribution in [0.2, 0.25) is 0 Å². The molecule has 0 bridgehead atoms. The van der Waals surface area contributed by atoms with Crippen molar-refractivity contribution in [2.24, 2.45) is 0 Å². The van der Waals surface area contributed by atoms with Gasteiger partial charge in [-0.1, -0.05) is 12.1 Å². The summed E-state index contributed by atoms with van der Waals surface area (Å²) >= 11 is 3.47. The third-order valence-electron chi connectivity index (χ3n) is 3.34. The Labute approximate surface area is 118 Å². The van der Waals surface area contributed by atoms with Gasteiger partial charge in [0, 0.05) is 12.0 Å². The maximum atomic E-state index is 4.67. The molecular weight excluding hydrogens is 304 g/mol. The first-order valence-electron chi connectivity index (χ1n) is 6.28. The molecule has 4 nitrogen and oxygen atoms in total. The molecule has 1 aliphatic carbocycles. The molecule has 0 amide bonds. The topological polar surface area (TPSA) is 43.6 Å².